The van der Waals surface area contributed by atoms with Crippen LogP contribution in [0.3, 0.4) is 0 Å². The molecule has 0 aliphatic rings. The number of rotatable bonds is 0. The van der Waals surface area contributed by atoms with Crippen LogP contribution in [-0.4, -0.2) is 0 Å². The Balaban J connectivity index is 0. The van der Waals surface area contributed by atoms with Crippen molar-refractivity contribution in [3.63, 3.8) is 0 Å². The van der Waals surface area contributed by atoms with Gasteiger partial charge in [0.2, 0.25) is 0 Å². The predicted molar refractivity (Wildman–Crippen MR) is 428 cm³/mol. The van der Waals surface area contributed by atoms with E-state index in [0.717, 1.165) is 0 Å². The standard InChI is InChI=1S/60ClH.Na/h60*1H;/q;;;;;;;;;;;;;;;;;;;;;;;;;;;;;;;;;;;;;;;;;;;;;;;;;;;;;;;;;;;;+1/p-1. The van der Waals surface area contributed by atoms with Crippen LogP contribution >= 0.6 is 732 Å². The SMILES string of the molecule is Cl.Cl.Cl.Cl.Cl.Cl.Cl.Cl.Cl.Cl.Cl.Cl.Cl.Cl.Cl.Cl.Cl.Cl.Cl.Cl.Cl.Cl.Cl.Cl.Cl.Cl.Cl.Cl.Cl.Cl.Cl.Cl.Cl.Cl.Cl.Cl.Cl.Cl.Cl.Cl.Cl.Cl.Cl.Cl.Cl.Cl.Cl.Cl.Cl.Cl.Cl.Cl.Cl.Cl.Cl.Cl.Cl.Cl.Cl.[Cl-].[Na+]. The first-order valence-electron chi connectivity index (χ1n) is 0. The molecule has 0 heterocycles. The zero-order chi connectivity index (χ0) is 0. The van der Waals surface area contributed by atoms with Crippen LogP contribution in [0.25, 0.3) is 0 Å². The Morgan fingerprint density at radius 1 is 0.0492 bits per heavy atom. The van der Waals surface area contributed by atoms with Gasteiger partial charge >= 0.3 is 29.6 Å². The normalized spacial score (nSPS) is 0. The van der Waals surface area contributed by atoms with E-state index in [9.17, 15) is 0 Å². The van der Waals surface area contributed by atoms with Crippen molar-refractivity contribution in [2.24, 2.45) is 0 Å². The summed E-state index contributed by atoms with van der Waals surface area (Å²) in [5, 5.41) is 0. The molecule has 0 spiro atoms. The van der Waals surface area contributed by atoms with Gasteiger partial charge in [0, 0.05) is 0 Å². The van der Waals surface area contributed by atoms with E-state index in [-0.39, 0.29) is 774 Å². The monoisotopic (exact) mass is 2180 g/mol. The quantitative estimate of drug-likeness (QED) is 0.212. The largest absolute Gasteiger partial charge is 1.00 e. The average Bonchev–Trinajstić information content (AvgIpc) is 0. The molecule has 0 bridgehead atoms. The van der Waals surface area contributed by atoms with Gasteiger partial charge < -0.3 is 12.4 Å². The molecule has 0 radical (unpaired) electrons. The second-order valence-electron chi connectivity index (χ2n) is 0. The van der Waals surface area contributed by atoms with Gasteiger partial charge in [0.15, 0.2) is 0 Å². The molecular formula is H59Cl60Na. The maximum absolute atomic E-state index is 0. The van der Waals surface area contributed by atoms with Crippen LogP contribution in [0.5, 0.6) is 0 Å². The van der Waals surface area contributed by atoms with E-state index in [4.69, 9.17) is 0 Å². The van der Waals surface area contributed by atoms with Gasteiger partial charge in [0.05, 0.1) is 0 Å². The summed E-state index contributed by atoms with van der Waals surface area (Å²) < 4.78 is 0. The van der Waals surface area contributed by atoms with Gasteiger partial charge in [-0.25, -0.2) is 0 Å². The maximum atomic E-state index is 0. The first-order valence-corrected chi connectivity index (χ1v) is 0. The average molecular weight is 2210 g/mol. The van der Waals surface area contributed by atoms with Crippen LogP contribution in [-0.2, 0) is 0 Å². The van der Waals surface area contributed by atoms with Crippen LogP contribution in [0.4, 0.5) is 0 Å². The molecule has 0 aromatic heterocycles. The minimum absolute atomic E-state index is 0. The Morgan fingerprint density at radius 3 is 0.0492 bits per heavy atom. The third-order valence-electron chi connectivity index (χ3n) is 0. The summed E-state index contributed by atoms with van der Waals surface area (Å²) in [6.07, 6.45) is 0. The molecule has 0 amide bonds. The molecule has 0 saturated heterocycles. The summed E-state index contributed by atoms with van der Waals surface area (Å²) in [4.78, 5) is 0. The topological polar surface area (TPSA) is 0 Å². The third kappa shape index (κ3) is 1350. The molecule has 0 saturated carbocycles. The molecule has 480 valence electrons. The van der Waals surface area contributed by atoms with Crippen molar-refractivity contribution in [2.45, 2.75) is 0 Å². The molecule has 61 heteroatoms. The Kier molecular flexibility index (Phi) is 32800. The van der Waals surface area contributed by atoms with Crippen molar-refractivity contribution in [1.29, 1.82) is 0 Å². The zero-order valence-corrected chi connectivity index (χ0v) is 76.4. The van der Waals surface area contributed by atoms with Gasteiger partial charge in [-0.3, -0.25) is 0 Å². The summed E-state index contributed by atoms with van der Waals surface area (Å²) in [5.41, 5.74) is 0. The van der Waals surface area contributed by atoms with Gasteiger partial charge in [-0.1, -0.05) is 0 Å². The van der Waals surface area contributed by atoms with Gasteiger partial charge in [-0.2, -0.15) is 0 Å². The van der Waals surface area contributed by atoms with E-state index in [2.05, 4.69) is 0 Å². The van der Waals surface area contributed by atoms with E-state index in [1.807, 2.05) is 0 Å². The smallest absolute Gasteiger partial charge is 1.00 e. The van der Waals surface area contributed by atoms with E-state index in [0.29, 0.717) is 0 Å². The molecule has 0 rings (SSSR count). The molecular weight excluding hydrogens is 2150 g/mol. The second kappa shape index (κ2) is 1390. The summed E-state index contributed by atoms with van der Waals surface area (Å²) in [5.74, 6) is 0. The second-order valence-corrected chi connectivity index (χ2v) is 0. The molecule has 0 N–H and O–H groups in total. The Hall–Kier alpha value is 18.4. The fraction of sp³-hybridized carbons (Fsp3) is 0. The van der Waals surface area contributed by atoms with Crippen molar-refractivity contribution < 1.29 is 42.0 Å². The van der Waals surface area contributed by atoms with Crippen LogP contribution in [0, 0.1) is 0 Å². The van der Waals surface area contributed by atoms with Gasteiger partial charge in [0.1, 0.15) is 0 Å². The van der Waals surface area contributed by atoms with E-state index < -0.39 is 0 Å². The molecule has 0 aromatic rings. The summed E-state index contributed by atoms with van der Waals surface area (Å²) in [6, 6.07) is 0. The minimum atomic E-state index is 0. The Morgan fingerprint density at radius 2 is 0.0492 bits per heavy atom. The first kappa shape index (κ1) is 1440. The van der Waals surface area contributed by atoms with E-state index in [1.165, 1.54) is 0 Å². The van der Waals surface area contributed by atoms with Crippen LogP contribution in [0.1, 0.15) is 0 Å². The molecule has 0 aromatic carbocycles. The van der Waals surface area contributed by atoms with Gasteiger partial charge in [-0.05, 0) is 0 Å². The van der Waals surface area contributed by atoms with Gasteiger partial charge in [-0.15, -0.1) is 732 Å². The van der Waals surface area contributed by atoms with Crippen molar-refractivity contribution >= 4 is 732 Å². The fourth-order valence-electron chi connectivity index (χ4n) is 0. The first-order chi connectivity index (χ1) is 0. The zero-order valence-electron chi connectivity index (χ0n) is 25.5. The van der Waals surface area contributed by atoms with Crippen LogP contribution in [0.2, 0.25) is 0 Å². The van der Waals surface area contributed by atoms with Crippen LogP contribution < -0.4 is 42.0 Å². The van der Waals surface area contributed by atoms with Crippen molar-refractivity contribution in [3.05, 3.63) is 0 Å². The third-order valence-corrected chi connectivity index (χ3v) is 0. The molecule has 0 aliphatic heterocycles. The number of hydrogen-bond donors (Lipinski definition) is 0. The summed E-state index contributed by atoms with van der Waals surface area (Å²) in [6.45, 7) is 0. The van der Waals surface area contributed by atoms with E-state index >= 15 is 0 Å². The molecule has 0 fully saturated rings. The van der Waals surface area contributed by atoms with E-state index in [1.54, 1.807) is 0 Å². The number of halogens is 60. The molecule has 0 aliphatic carbocycles. The van der Waals surface area contributed by atoms with Crippen molar-refractivity contribution in [2.75, 3.05) is 0 Å². The number of hydrogen-bond acceptors (Lipinski definition) is 0. The Labute approximate surface area is 759 Å². The summed E-state index contributed by atoms with van der Waals surface area (Å²) in [7, 11) is 0. The van der Waals surface area contributed by atoms with Crippen molar-refractivity contribution in [1.82, 2.24) is 0 Å². The fourth-order valence-corrected chi connectivity index (χ4v) is 0. The van der Waals surface area contributed by atoms with Gasteiger partial charge in [0.25, 0.3) is 0 Å². The molecule has 61 heavy (non-hydrogen) atoms. The molecule has 0 unspecified atom stereocenters. The minimum Gasteiger partial charge on any atom is -1.00 e. The molecule has 0 nitrogen and oxygen atoms in total. The predicted octanol–water partition coefficient (Wildman–Crippen LogP) is 18.9. The van der Waals surface area contributed by atoms with Crippen LogP contribution in [0.15, 0.2) is 0 Å². The van der Waals surface area contributed by atoms with Crippen molar-refractivity contribution in [3.8, 4) is 0 Å². The maximum Gasteiger partial charge on any atom is 1.00 e. The Bertz CT molecular complexity index is 7.36. The summed E-state index contributed by atoms with van der Waals surface area (Å²) >= 11 is 0. The molecule has 0 atom stereocenters.